The van der Waals surface area contributed by atoms with Crippen molar-refractivity contribution in [1.29, 1.82) is 0 Å². The van der Waals surface area contributed by atoms with Crippen molar-refractivity contribution in [1.82, 2.24) is 5.32 Å². The van der Waals surface area contributed by atoms with Crippen LogP contribution in [0.3, 0.4) is 0 Å². The summed E-state index contributed by atoms with van der Waals surface area (Å²) in [6.07, 6.45) is 1.09. The molecule has 0 aliphatic carbocycles. The third-order valence-corrected chi connectivity index (χ3v) is 6.28. The van der Waals surface area contributed by atoms with Crippen LogP contribution in [0.2, 0.25) is 0 Å². The van der Waals surface area contributed by atoms with Crippen molar-refractivity contribution < 1.29 is 18.7 Å². The molecule has 160 valence electrons. The van der Waals surface area contributed by atoms with Crippen LogP contribution < -0.4 is 10.2 Å². The minimum Gasteiger partial charge on any atom is -0.381 e. The number of nitrogens with one attached hydrogen (secondary N) is 1. The van der Waals surface area contributed by atoms with Crippen LogP contribution in [0.1, 0.15) is 36.9 Å². The maximum absolute atomic E-state index is 13.9. The summed E-state index contributed by atoms with van der Waals surface area (Å²) in [4.78, 5) is 15.7. The predicted molar refractivity (Wildman–Crippen MR) is 114 cm³/mol. The molecule has 0 radical (unpaired) electrons. The number of carbonyl (C=O) groups is 1. The minimum atomic E-state index is -0.762. The van der Waals surface area contributed by atoms with Crippen LogP contribution in [0.15, 0.2) is 48.5 Å². The summed E-state index contributed by atoms with van der Waals surface area (Å²) >= 11 is 0. The zero-order valence-electron chi connectivity index (χ0n) is 17.4. The number of morpholine rings is 1. The third-order valence-electron chi connectivity index (χ3n) is 6.28. The Labute approximate surface area is 177 Å². The Morgan fingerprint density at radius 1 is 1.03 bits per heavy atom. The Bertz CT molecular complexity index is 859. The van der Waals surface area contributed by atoms with Gasteiger partial charge in [-0.2, -0.15) is 0 Å². The molecule has 1 N–H and O–H groups in total. The van der Waals surface area contributed by atoms with Gasteiger partial charge >= 0.3 is 0 Å². The number of amides is 1. The summed E-state index contributed by atoms with van der Waals surface area (Å²) < 4.78 is 24.8. The smallest absolute Gasteiger partial charge is 0.231 e. The van der Waals surface area contributed by atoms with Gasteiger partial charge in [-0.25, -0.2) is 4.39 Å². The van der Waals surface area contributed by atoms with Crippen molar-refractivity contribution >= 4 is 11.6 Å². The van der Waals surface area contributed by atoms with Crippen molar-refractivity contribution in [3.8, 4) is 0 Å². The molecule has 2 heterocycles. The van der Waals surface area contributed by atoms with E-state index in [1.54, 1.807) is 6.07 Å². The standard InChI is InChI=1S/C24H29FN2O3/c1-18(19-5-7-22(8-6-19)27-11-15-30-16-12-27)26-23(28)24(9-13-29-14-10-24)20-3-2-4-21(25)17-20/h2-8,17-18H,9-16H2,1H3,(H,26,28)/t18-/m0/s1. The summed E-state index contributed by atoms with van der Waals surface area (Å²) in [5, 5.41) is 3.17. The van der Waals surface area contributed by atoms with Crippen molar-refractivity contribution in [3.63, 3.8) is 0 Å². The Kier molecular flexibility index (Phi) is 6.35. The first-order valence-corrected chi connectivity index (χ1v) is 10.7. The Balaban J connectivity index is 1.49. The highest BCUT2D eigenvalue weighted by Crippen LogP contribution is 2.36. The molecule has 2 aliphatic heterocycles. The summed E-state index contributed by atoms with van der Waals surface area (Å²) in [6, 6.07) is 14.6. The number of hydrogen-bond donors (Lipinski definition) is 1. The minimum absolute atomic E-state index is 0.0684. The molecular weight excluding hydrogens is 383 g/mol. The SMILES string of the molecule is C[C@H](NC(=O)C1(c2cccc(F)c2)CCOCC1)c1ccc(N2CCOCC2)cc1. The van der Waals surface area contributed by atoms with Crippen LogP contribution in [0, 0.1) is 5.82 Å². The molecule has 30 heavy (non-hydrogen) atoms. The highest BCUT2D eigenvalue weighted by Gasteiger charge is 2.42. The number of halogens is 1. The average Bonchev–Trinajstić information content (AvgIpc) is 2.80. The lowest BCUT2D eigenvalue weighted by Gasteiger charge is -2.37. The van der Waals surface area contributed by atoms with Gasteiger partial charge in [-0.1, -0.05) is 24.3 Å². The summed E-state index contributed by atoms with van der Waals surface area (Å²) in [6.45, 7) is 6.26. The van der Waals surface area contributed by atoms with Gasteiger partial charge in [0, 0.05) is 32.0 Å². The lowest BCUT2D eigenvalue weighted by atomic mass is 9.73. The molecule has 0 unspecified atom stereocenters. The van der Waals surface area contributed by atoms with Crippen LogP contribution in [0.4, 0.5) is 10.1 Å². The van der Waals surface area contributed by atoms with Gasteiger partial charge in [0.1, 0.15) is 5.82 Å². The van der Waals surface area contributed by atoms with Crippen molar-refractivity contribution in [2.45, 2.75) is 31.2 Å². The molecule has 5 nitrogen and oxygen atoms in total. The molecule has 0 spiro atoms. The van der Waals surface area contributed by atoms with E-state index in [0.717, 1.165) is 37.4 Å². The van der Waals surface area contributed by atoms with E-state index in [9.17, 15) is 9.18 Å². The van der Waals surface area contributed by atoms with Crippen LogP contribution in [0.25, 0.3) is 0 Å². The van der Waals surface area contributed by atoms with Gasteiger partial charge in [0.05, 0.1) is 24.7 Å². The van der Waals surface area contributed by atoms with Gasteiger partial charge in [0.25, 0.3) is 0 Å². The van der Waals surface area contributed by atoms with Crippen molar-refractivity contribution in [2.24, 2.45) is 0 Å². The van der Waals surface area contributed by atoms with E-state index in [4.69, 9.17) is 9.47 Å². The predicted octanol–water partition coefficient (Wildman–Crippen LogP) is 3.59. The number of hydrogen-bond acceptors (Lipinski definition) is 4. The van der Waals surface area contributed by atoms with Gasteiger partial charge < -0.3 is 19.7 Å². The molecule has 1 atom stereocenters. The van der Waals surface area contributed by atoms with E-state index in [-0.39, 0.29) is 17.8 Å². The molecule has 2 saturated heterocycles. The summed E-state index contributed by atoms with van der Waals surface area (Å²) in [5.41, 5.74) is 2.17. The summed E-state index contributed by atoms with van der Waals surface area (Å²) in [7, 11) is 0. The molecule has 2 aromatic rings. The lowest BCUT2D eigenvalue weighted by Crippen LogP contribution is -2.48. The number of rotatable bonds is 5. The second-order valence-electron chi connectivity index (χ2n) is 8.09. The maximum atomic E-state index is 13.9. The van der Waals surface area contributed by atoms with E-state index in [0.29, 0.717) is 26.1 Å². The van der Waals surface area contributed by atoms with Crippen molar-refractivity contribution in [2.75, 3.05) is 44.4 Å². The molecule has 6 heteroatoms. The first-order chi connectivity index (χ1) is 14.6. The van der Waals surface area contributed by atoms with Crippen LogP contribution in [-0.4, -0.2) is 45.4 Å². The van der Waals surface area contributed by atoms with Crippen molar-refractivity contribution in [3.05, 3.63) is 65.5 Å². The Morgan fingerprint density at radius 3 is 2.37 bits per heavy atom. The van der Waals surface area contributed by atoms with E-state index >= 15 is 0 Å². The molecule has 0 aromatic heterocycles. The number of benzene rings is 2. The maximum Gasteiger partial charge on any atom is 0.231 e. The monoisotopic (exact) mass is 412 g/mol. The van der Waals surface area contributed by atoms with Gasteiger partial charge in [-0.05, 0) is 55.2 Å². The quantitative estimate of drug-likeness (QED) is 0.816. The van der Waals surface area contributed by atoms with E-state index < -0.39 is 5.41 Å². The topological polar surface area (TPSA) is 50.8 Å². The fourth-order valence-corrected chi connectivity index (χ4v) is 4.37. The van der Waals surface area contributed by atoms with E-state index in [1.165, 1.54) is 17.8 Å². The van der Waals surface area contributed by atoms with Gasteiger partial charge in [-0.15, -0.1) is 0 Å². The second-order valence-corrected chi connectivity index (χ2v) is 8.09. The number of ether oxygens (including phenoxy) is 2. The second kappa shape index (κ2) is 9.14. The van der Waals surface area contributed by atoms with Gasteiger partial charge in [-0.3, -0.25) is 4.79 Å². The van der Waals surface area contributed by atoms with Gasteiger partial charge in [0.2, 0.25) is 5.91 Å². The molecule has 2 aromatic carbocycles. The molecule has 4 rings (SSSR count). The first kappa shape index (κ1) is 20.8. The normalized spacial score (nSPS) is 19.9. The van der Waals surface area contributed by atoms with Gasteiger partial charge in [0.15, 0.2) is 0 Å². The number of anilines is 1. The Hall–Kier alpha value is -2.44. The van der Waals surface area contributed by atoms with E-state index in [1.807, 2.05) is 13.0 Å². The largest absolute Gasteiger partial charge is 0.381 e. The molecule has 2 fully saturated rings. The molecule has 0 bridgehead atoms. The molecule has 0 saturated carbocycles. The highest BCUT2D eigenvalue weighted by atomic mass is 19.1. The van der Waals surface area contributed by atoms with Crippen LogP contribution in [0.5, 0.6) is 0 Å². The zero-order chi connectivity index (χ0) is 21.0. The van der Waals surface area contributed by atoms with E-state index in [2.05, 4.69) is 34.5 Å². The number of carbonyl (C=O) groups excluding carboxylic acids is 1. The van der Waals surface area contributed by atoms with Crippen LogP contribution >= 0.6 is 0 Å². The first-order valence-electron chi connectivity index (χ1n) is 10.7. The average molecular weight is 413 g/mol. The third kappa shape index (κ3) is 4.35. The Morgan fingerprint density at radius 2 is 1.70 bits per heavy atom. The zero-order valence-corrected chi connectivity index (χ0v) is 17.4. The fourth-order valence-electron chi connectivity index (χ4n) is 4.37. The molecule has 2 aliphatic rings. The lowest BCUT2D eigenvalue weighted by molar-refractivity contribution is -0.131. The van der Waals surface area contributed by atoms with Crippen LogP contribution in [-0.2, 0) is 19.7 Å². The highest BCUT2D eigenvalue weighted by molar-refractivity contribution is 5.88. The molecule has 1 amide bonds. The number of nitrogens with zero attached hydrogens (tertiary/aromatic N) is 1. The molecular formula is C24H29FN2O3. The fraction of sp³-hybridized carbons (Fsp3) is 0.458. The summed E-state index contributed by atoms with van der Waals surface area (Å²) in [5.74, 6) is -0.390.